The van der Waals surface area contributed by atoms with Crippen molar-refractivity contribution >= 4 is 0 Å². The van der Waals surface area contributed by atoms with Gasteiger partial charge in [0.25, 0.3) is 0 Å². The van der Waals surface area contributed by atoms with Gasteiger partial charge in [-0.05, 0) is 6.42 Å². The number of rotatable bonds is 4. The first kappa shape index (κ1) is 9.92. The third kappa shape index (κ3) is 2.17. The van der Waals surface area contributed by atoms with Gasteiger partial charge in [-0.2, -0.15) is 0 Å². The van der Waals surface area contributed by atoms with Gasteiger partial charge in [0.2, 0.25) is 0 Å². The maximum Gasteiger partial charge on any atom is 0.102 e. The zero-order valence-electron chi connectivity index (χ0n) is 7.53. The van der Waals surface area contributed by atoms with Crippen LogP contribution in [0.5, 0.6) is 0 Å². The van der Waals surface area contributed by atoms with E-state index in [0.29, 0.717) is 26.2 Å². The van der Waals surface area contributed by atoms with E-state index in [1.807, 2.05) is 11.8 Å². The minimum Gasteiger partial charge on any atom is -0.392 e. The van der Waals surface area contributed by atoms with Gasteiger partial charge in [-0.3, -0.25) is 4.90 Å². The molecule has 0 aromatic rings. The van der Waals surface area contributed by atoms with E-state index in [1.165, 1.54) is 0 Å². The predicted molar refractivity (Wildman–Crippen MR) is 46.7 cm³/mol. The van der Waals surface area contributed by atoms with Crippen LogP contribution in [0.3, 0.4) is 0 Å². The van der Waals surface area contributed by atoms with Gasteiger partial charge >= 0.3 is 0 Å². The molecule has 72 valence electrons. The highest BCUT2D eigenvalue weighted by Crippen LogP contribution is 2.19. The second kappa shape index (κ2) is 3.70. The van der Waals surface area contributed by atoms with Crippen LogP contribution in [-0.4, -0.2) is 53.0 Å². The van der Waals surface area contributed by atoms with E-state index in [4.69, 9.17) is 5.73 Å². The molecule has 0 aliphatic carbocycles. The molecule has 1 unspecified atom stereocenters. The van der Waals surface area contributed by atoms with Crippen molar-refractivity contribution in [3.05, 3.63) is 0 Å². The molecule has 0 saturated carbocycles. The van der Waals surface area contributed by atoms with Gasteiger partial charge in [-0.15, -0.1) is 0 Å². The fraction of sp³-hybridized carbons (Fsp3) is 1.00. The molecule has 0 aromatic heterocycles. The first-order valence-corrected chi connectivity index (χ1v) is 4.42. The number of hydrogen-bond donors (Lipinski definition) is 3. The number of aliphatic hydroxyl groups is 2. The summed E-state index contributed by atoms with van der Waals surface area (Å²) in [5.74, 6) is 0. The molecular weight excluding hydrogens is 156 g/mol. The van der Waals surface area contributed by atoms with Crippen LogP contribution in [0.25, 0.3) is 0 Å². The number of β-amino-alcohol motifs (C(OH)–C–C–N with tert-alkyl or cyclic N) is 2. The molecule has 4 nitrogen and oxygen atoms in total. The lowest BCUT2D eigenvalue weighted by Gasteiger charge is -2.46. The second-order valence-corrected chi connectivity index (χ2v) is 3.66. The molecule has 1 saturated heterocycles. The summed E-state index contributed by atoms with van der Waals surface area (Å²) in [4.78, 5) is 2.01. The van der Waals surface area contributed by atoms with Crippen LogP contribution in [0.1, 0.15) is 13.3 Å². The van der Waals surface area contributed by atoms with Gasteiger partial charge in [0, 0.05) is 26.2 Å². The molecule has 1 rings (SSSR count). The lowest BCUT2D eigenvalue weighted by atomic mass is 9.94. The minimum absolute atomic E-state index is 0.271. The van der Waals surface area contributed by atoms with Crippen molar-refractivity contribution in [3.8, 4) is 0 Å². The van der Waals surface area contributed by atoms with E-state index in [9.17, 15) is 10.2 Å². The van der Waals surface area contributed by atoms with Gasteiger partial charge in [0.05, 0.1) is 6.10 Å². The number of nitrogens with zero attached hydrogens (tertiary/aromatic N) is 1. The van der Waals surface area contributed by atoms with Crippen molar-refractivity contribution in [2.45, 2.75) is 25.0 Å². The zero-order valence-corrected chi connectivity index (χ0v) is 7.53. The summed E-state index contributed by atoms with van der Waals surface area (Å²) in [5, 5.41) is 18.8. The van der Waals surface area contributed by atoms with Crippen molar-refractivity contribution < 1.29 is 10.2 Å². The largest absolute Gasteiger partial charge is 0.392 e. The Balaban J connectivity index is 2.17. The van der Waals surface area contributed by atoms with Crippen LogP contribution in [0, 0.1) is 0 Å². The molecule has 0 bridgehead atoms. The average molecular weight is 174 g/mol. The van der Waals surface area contributed by atoms with E-state index < -0.39 is 5.60 Å². The molecule has 1 aliphatic rings. The maximum atomic E-state index is 9.53. The van der Waals surface area contributed by atoms with Crippen LogP contribution < -0.4 is 5.73 Å². The summed E-state index contributed by atoms with van der Waals surface area (Å²) in [6.07, 6.45) is 0.490. The van der Waals surface area contributed by atoms with Gasteiger partial charge < -0.3 is 15.9 Å². The molecule has 12 heavy (non-hydrogen) atoms. The smallest absolute Gasteiger partial charge is 0.102 e. The van der Waals surface area contributed by atoms with Gasteiger partial charge in [0.15, 0.2) is 0 Å². The number of nitrogens with two attached hydrogens (primary N) is 1. The molecule has 4 N–H and O–H groups in total. The Hall–Kier alpha value is -0.160. The van der Waals surface area contributed by atoms with E-state index in [2.05, 4.69) is 0 Å². The van der Waals surface area contributed by atoms with Crippen LogP contribution in [0.4, 0.5) is 0 Å². The third-order valence-electron chi connectivity index (χ3n) is 2.36. The van der Waals surface area contributed by atoms with Crippen molar-refractivity contribution in [1.82, 2.24) is 4.90 Å². The molecule has 1 heterocycles. The molecule has 1 fully saturated rings. The Labute approximate surface area is 73.0 Å². The minimum atomic E-state index is -0.687. The van der Waals surface area contributed by atoms with Crippen LogP contribution in [0.2, 0.25) is 0 Å². The molecule has 1 atom stereocenters. The van der Waals surface area contributed by atoms with E-state index >= 15 is 0 Å². The Morgan fingerprint density at radius 1 is 1.58 bits per heavy atom. The average Bonchev–Trinajstić information content (AvgIpc) is 2.01. The summed E-state index contributed by atoms with van der Waals surface area (Å²) in [7, 11) is 0. The van der Waals surface area contributed by atoms with Crippen molar-refractivity contribution in [2.75, 3.05) is 26.2 Å². The zero-order chi connectivity index (χ0) is 9.19. The molecular formula is C8H18N2O2. The number of aliphatic hydroxyl groups excluding tert-OH is 1. The highest BCUT2D eigenvalue weighted by molar-refractivity contribution is 4.96. The fourth-order valence-electron chi connectivity index (χ4n) is 1.47. The number of likely N-dealkylation sites (tertiary alicyclic amines) is 1. The normalized spacial score (nSPS) is 25.0. The summed E-state index contributed by atoms with van der Waals surface area (Å²) in [6.45, 7) is 4.10. The molecule has 0 radical (unpaired) electrons. The monoisotopic (exact) mass is 174 g/mol. The van der Waals surface area contributed by atoms with Crippen molar-refractivity contribution in [3.63, 3.8) is 0 Å². The van der Waals surface area contributed by atoms with E-state index in [0.717, 1.165) is 6.42 Å². The summed E-state index contributed by atoms with van der Waals surface area (Å²) < 4.78 is 0. The topological polar surface area (TPSA) is 69.7 Å². The third-order valence-corrected chi connectivity index (χ3v) is 2.36. The highest BCUT2D eigenvalue weighted by Gasteiger charge is 2.39. The Kier molecular flexibility index (Phi) is 3.06. The first-order chi connectivity index (χ1) is 5.59. The lowest BCUT2D eigenvalue weighted by Crippen LogP contribution is -2.66. The Bertz CT molecular complexity index is 143. The SMILES string of the molecule is CCC(O)CN1CC(O)(CN)C1. The standard InChI is InChI=1S/C8H18N2O2/c1-2-7(11)3-10-5-8(12,4-9)6-10/h7,11-12H,2-6,9H2,1H3. The molecule has 4 heteroatoms. The maximum absolute atomic E-state index is 9.53. The summed E-state index contributed by atoms with van der Waals surface area (Å²) in [6, 6.07) is 0. The van der Waals surface area contributed by atoms with Crippen molar-refractivity contribution in [2.24, 2.45) is 5.73 Å². The summed E-state index contributed by atoms with van der Waals surface area (Å²) >= 11 is 0. The summed E-state index contributed by atoms with van der Waals surface area (Å²) in [5.41, 5.74) is 4.67. The van der Waals surface area contributed by atoms with E-state index in [1.54, 1.807) is 0 Å². The highest BCUT2D eigenvalue weighted by atomic mass is 16.3. The Morgan fingerprint density at radius 3 is 2.58 bits per heavy atom. The molecule has 1 aliphatic heterocycles. The van der Waals surface area contributed by atoms with E-state index in [-0.39, 0.29) is 6.10 Å². The molecule has 0 aromatic carbocycles. The van der Waals surface area contributed by atoms with Gasteiger partial charge in [0.1, 0.15) is 5.60 Å². The van der Waals surface area contributed by atoms with Crippen LogP contribution in [0.15, 0.2) is 0 Å². The second-order valence-electron chi connectivity index (χ2n) is 3.66. The fourth-order valence-corrected chi connectivity index (χ4v) is 1.47. The van der Waals surface area contributed by atoms with Crippen molar-refractivity contribution in [1.29, 1.82) is 0 Å². The lowest BCUT2D eigenvalue weighted by molar-refractivity contribution is -0.101. The number of hydrogen-bond acceptors (Lipinski definition) is 4. The van der Waals surface area contributed by atoms with Crippen LogP contribution >= 0.6 is 0 Å². The molecule has 0 amide bonds. The van der Waals surface area contributed by atoms with Gasteiger partial charge in [-0.1, -0.05) is 6.92 Å². The van der Waals surface area contributed by atoms with Gasteiger partial charge in [-0.25, -0.2) is 0 Å². The molecule has 0 spiro atoms. The van der Waals surface area contributed by atoms with Crippen LogP contribution in [-0.2, 0) is 0 Å². The first-order valence-electron chi connectivity index (χ1n) is 4.42. The quantitative estimate of drug-likeness (QED) is 0.499. The predicted octanol–water partition coefficient (Wildman–Crippen LogP) is -1.24. The Morgan fingerprint density at radius 2 is 2.17 bits per heavy atom.